The van der Waals surface area contributed by atoms with Gasteiger partial charge in [-0.2, -0.15) is 29.9 Å². The molecule has 9 heterocycles. The van der Waals surface area contributed by atoms with E-state index in [0.29, 0.717) is 87.4 Å². The Balaban J connectivity index is 0.758. The molecule has 0 bridgehead atoms. The summed E-state index contributed by atoms with van der Waals surface area (Å²) in [5.41, 5.74) is 4.86. The first-order chi connectivity index (χ1) is 39.7. The van der Waals surface area contributed by atoms with Gasteiger partial charge in [-0.3, -0.25) is 14.4 Å². The van der Waals surface area contributed by atoms with E-state index in [1.54, 1.807) is 91.0 Å². The highest BCUT2D eigenvalue weighted by molar-refractivity contribution is 5.77. The van der Waals surface area contributed by atoms with Crippen molar-refractivity contribution >= 4 is 17.9 Å². The molecular formula is C54H42N12O15. The molecule has 0 amide bonds. The van der Waals surface area contributed by atoms with Crippen molar-refractivity contribution in [3.8, 4) is 103 Å². The van der Waals surface area contributed by atoms with Gasteiger partial charge < -0.3 is 55.6 Å². The standard InChI is InChI=1S/C54H42N12O15/c67-43(73-25-37-22-70-37)13-10-40-55-46(61-76-40)28-4-1-7-31(16-28)49-58-52(79-64-49)34-19-35(53-59-50(65-80-53)32-8-2-5-29(17-32)47-56-41(77-62-47)11-14-44(68)74-26-38-23-71-38)21-36(20-34)54-60-51(66-81-54)33-9-3-6-30(18-33)48-57-42(78-63-48)12-15-45(69)75-27-39-24-72-39/h1-9,16-21,37-39H,10-15,22-27H2. The van der Waals surface area contributed by atoms with Gasteiger partial charge in [-0.1, -0.05) is 85.5 Å². The molecule has 3 saturated heterocycles. The van der Waals surface area contributed by atoms with Crippen molar-refractivity contribution in [1.82, 2.24) is 60.8 Å². The van der Waals surface area contributed by atoms with Crippen molar-refractivity contribution in [2.75, 3.05) is 39.6 Å². The average molecular weight is 1100 g/mol. The molecule has 3 aliphatic rings. The Hall–Kier alpha value is -9.99. The third-order valence-corrected chi connectivity index (χ3v) is 12.6. The molecule has 6 aromatic heterocycles. The second-order valence-electron chi connectivity index (χ2n) is 18.8. The summed E-state index contributed by atoms with van der Waals surface area (Å²) in [6.45, 7) is 2.43. The van der Waals surface area contributed by atoms with Crippen LogP contribution >= 0.6 is 0 Å². The maximum Gasteiger partial charge on any atom is 0.306 e. The summed E-state index contributed by atoms with van der Waals surface area (Å²) in [6.07, 6.45) is 0.728. The number of carbonyl (C=O) groups is 3. The monoisotopic (exact) mass is 1100 g/mol. The predicted molar refractivity (Wildman–Crippen MR) is 270 cm³/mol. The van der Waals surface area contributed by atoms with Gasteiger partial charge >= 0.3 is 17.9 Å². The van der Waals surface area contributed by atoms with E-state index in [4.69, 9.17) is 70.5 Å². The Kier molecular flexibility index (Phi) is 14.0. The van der Waals surface area contributed by atoms with E-state index in [0.717, 1.165) is 0 Å². The van der Waals surface area contributed by atoms with E-state index >= 15 is 0 Å². The van der Waals surface area contributed by atoms with Gasteiger partial charge in [0, 0.05) is 69.3 Å². The number of aryl methyl sites for hydroxylation is 3. The van der Waals surface area contributed by atoms with Crippen LogP contribution in [-0.4, -0.2) is 137 Å². The highest BCUT2D eigenvalue weighted by Crippen LogP contribution is 2.35. The number of hydrogen-bond donors (Lipinski definition) is 0. The minimum absolute atomic E-state index is 0.0299. The van der Waals surface area contributed by atoms with Crippen LogP contribution in [0.25, 0.3) is 103 Å². The summed E-state index contributed by atoms with van der Waals surface area (Å²) >= 11 is 0. The third-order valence-electron chi connectivity index (χ3n) is 12.6. The maximum atomic E-state index is 12.2. The van der Waals surface area contributed by atoms with Gasteiger partial charge in [0.1, 0.15) is 38.1 Å². The van der Waals surface area contributed by atoms with Crippen molar-refractivity contribution < 1.29 is 69.9 Å². The highest BCUT2D eigenvalue weighted by atomic mass is 16.6. The van der Waals surface area contributed by atoms with Crippen LogP contribution in [0.5, 0.6) is 0 Å². The van der Waals surface area contributed by atoms with E-state index in [-0.39, 0.29) is 147 Å². The quantitative estimate of drug-likeness (QED) is 0.0349. The van der Waals surface area contributed by atoms with Crippen LogP contribution in [-0.2, 0) is 62.1 Å². The Bertz CT molecular complexity index is 3500. The molecule has 27 nitrogen and oxygen atoms in total. The zero-order chi connectivity index (χ0) is 54.7. The second-order valence-corrected chi connectivity index (χ2v) is 18.8. The first-order valence-corrected chi connectivity index (χ1v) is 25.5. The Labute approximate surface area is 455 Å². The lowest BCUT2D eigenvalue weighted by atomic mass is 10.0. The van der Waals surface area contributed by atoms with Crippen LogP contribution in [0.1, 0.15) is 36.9 Å². The minimum Gasteiger partial charge on any atom is -0.463 e. The summed E-state index contributed by atoms with van der Waals surface area (Å²) in [6, 6.07) is 26.8. The number of aromatic nitrogens is 12. The lowest BCUT2D eigenvalue weighted by Crippen LogP contribution is -2.10. The average Bonchev–Trinajstić information content (AvgIpc) is 4.42. The van der Waals surface area contributed by atoms with Crippen LogP contribution in [0.15, 0.2) is 118 Å². The number of epoxide rings is 3. The molecule has 0 radical (unpaired) electrons. The van der Waals surface area contributed by atoms with E-state index < -0.39 is 0 Å². The zero-order valence-corrected chi connectivity index (χ0v) is 42.4. The molecule has 3 aliphatic heterocycles. The molecule has 408 valence electrons. The van der Waals surface area contributed by atoms with E-state index in [9.17, 15) is 14.4 Å². The molecule has 81 heavy (non-hydrogen) atoms. The van der Waals surface area contributed by atoms with E-state index in [1.807, 2.05) is 0 Å². The Morgan fingerprint density at radius 3 is 0.877 bits per heavy atom. The highest BCUT2D eigenvalue weighted by Gasteiger charge is 2.27. The third kappa shape index (κ3) is 12.5. The normalized spacial score (nSPS) is 16.1. The molecule has 3 atom stereocenters. The SMILES string of the molecule is O=C(CCc1nc(-c2cccc(-c3noc(-c4cc(-c5nc(-c6cccc(-c7noc(CCC(=O)OCC8CO8)n7)c6)no5)cc(-c5nc(-c6cccc(-c7noc(CCC(=O)OCC8CO8)n7)c6)no5)c4)n3)c2)no1)OCC1CO1. The van der Waals surface area contributed by atoms with Gasteiger partial charge in [0.15, 0.2) is 0 Å². The molecule has 10 aromatic rings. The molecular weight excluding hydrogens is 1060 g/mol. The Morgan fingerprint density at radius 2 is 0.605 bits per heavy atom. The van der Waals surface area contributed by atoms with Gasteiger partial charge in [-0.05, 0) is 36.4 Å². The zero-order valence-electron chi connectivity index (χ0n) is 42.4. The number of carbonyl (C=O) groups excluding carboxylic acids is 3. The van der Waals surface area contributed by atoms with Crippen molar-refractivity contribution in [3.63, 3.8) is 0 Å². The van der Waals surface area contributed by atoms with Crippen LogP contribution in [0.3, 0.4) is 0 Å². The molecule has 0 spiro atoms. The summed E-state index contributed by atoms with van der Waals surface area (Å²) in [5, 5.41) is 25.3. The first-order valence-electron chi connectivity index (χ1n) is 25.5. The minimum atomic E-state index is -0.386. The van der Waals surface area contributed by atoms with Crippen LogP contribution in [0, 0.1) is 0 Å². The molecule has 3 fully saturated rings. The van der Waals surface area contributed by atoms with Gasteiger partial charge in [-0.25, -0.2) is 0 Å². The topological polar surface area (TPSA) is 350 Å². The van der Waals surface area contributed by atoms with Crippen LogP contribution < -0.4 is 0 Å². The van der Waals surface area contributed by atoms with Gasteiger partial charge in [0.05, 0.1) is 39.1 Å². The van der Waals surface area contributed by atoms with Gasteiger partial charge in [0.2, 0.25) is 52.6 Å². The lowest BCUT2D eigenvalue weighted by Gasteiger charge is -2.03. The van der Waals surface area contributed by atoms with E-state index in [2.05, 4.69) is 45.9 Å². The summed E-state index contributed by atoms with van der Waals surface area (Å²) < 4.78 is 64.9. The molecule has 13 rings (SSSR count). The number of rotatable bonds is 24. The molecule has 4 aromatic carbocycles. The smallest absolute Gasteiger partial charge is 0.306 e. The molecule has 0 N–H and O–H groups in total. The fourth-order valence-corrected chi connectivity index (χ4v) is 8.08. The number of hydrogen-bond acceptors (Lipinski definition) is 27. The molecule has 0 saturated carbocycles. The fourth-order valence-electron chi connectivity index (χ4n) is 8.08. The van der Waals surface area contributed by atoms with Crippen molar-refractivity contribution in [1.29, 1.82) is 0 Å². The lowest BCUT2D eigenvalue weighted by molar-refractivity contribution is -0.145. The summed E-state index contributed by atoms with van der Waals surface area (Å²) in [5.74, 6) is 1.66. The Morgan fingerprint density at radius 1 is 0.358 bits per heavy atom. The molecule has 27 heteroatoms. The molecule has 3 unspecified atom stereocenters. The van der Waals surface area contributed by atoms with Crippen molar-refractivity contribution in [2.45, 2.75) is 56.8 Å². The van der Waals surface area contributed by atoms with Gasteiger partial charge in [0.25, 0.3) is 17.7 Å². The fraction of sp³-hybridized carbons (Fsp3) is 0.278. The van der Waals surface area contributed by atoms with Crippen molar-refractivity contribution in [3.05, 3.63) is 109 Å². The maximum absolute atomic E-state index is 12.2. The number of benzene rings is 4. The number of nitrogens with zero attached hydrogens (tertiary/aromatic N) is 12. The van der Waals surface area contributed by atoms with Crippen LogP contribution in [0.2, 0.25) is 0 Å². The number of ether oxygens (including phenoxy) is 6. The first kappa shape index (κ1) is 50.5. The predicted octanol–water partition coefficient (Wildman–Crippen LogP) is 6.61. The van der Waals surface area contributed by atoms with Crippen molar-refractivity contribution in [2.24, 2.45) is 0 Å². The largest absolute Gasteiger partial charge is 0.463 e. The second kappa shape index (κ2) is 22.4. The summed E-state index contributed by atoms with van der Waals surface area (Å²) in [7, 11) is 0. The van der Waals surface area contributed by atoms with Crippen LogP contribution in [0.4, 0.5) is 0 Å². The number of esters is 3. The molecule has 0 aliphatic carbocycles. The summed E-state index contributed by atoms with van der Waals surface area (Å²) in [4.78, 5) is 64.3. The van der Waals surface area contributed by atoms with E-state index in [1.165, 1.54) is 0 Å². The van der Waals surface area contributed by atoms with Gasteiger partial charge in [-0.15, -0.1) is 0 Å².